The quantitative estimate of drug-likeness (QED) is 0.272. The SMILES string of the molecule is CC.CC.CC#CC(C)C.CCC12CCCCC1CC(=O)B1C3CCC(C)C3CCC12.CCCC(=O)O.CO. The number of carbonyl (C=O) groups is 2. The molecule has 0 spiro atoms. The highest BCUT2D eigenvalue weighted by Crippen LogP contribution is 2.65. The van der Waals surface area contributed by atoms with Gasteiger partial charge in [-0.15, -0.1) is 11.8 Å². The lowest BCUT2D eigenvalue weighted by Crippen LogP contribution is -2.56. The van der Waals surface area contributed by atoms with Crippen LogP contribution in [-0.4, -0.2) is 35.7 Å². The number of hydrogen-bond donors (Lipinski definition) is 2. The lowest BCUT2D eigenvalue weighted by Gasteiger charge is -2.57. The molecule has 2 aliphatic heterocycles. The summed E-state index contributed by atoms with van der Waals surface area (Å²) in [6, 6.07) is 0. The Bertz CT molecular complexity index is 710. The number of hydrogen-bond acceptors (Lipinski definition) is 3. The molecule has 6 atom stereocenters. The van der Waals surface area contributed by atoms with Crippen molar-refractivity contribution in [1.29, 1.82) is 0 Å². The number of carbonyl (C=O) groups excluding carboxylic acids is 1. The van der Waals surface area contributed by atoms with E-state index >= 15 is 0 Å². The van der Waals surface area contributed by atoms with Crippen molar-refractivity contribution in [2.75, 3.05) is 7.11 Å². The zero-order valence-corrected chi connectivity index (χ0v) is 27.7. The Morgan fingerprint density at radius 3 is 2.08 bits per heavy atom. The molecular formula is C34H65BO4. The maximum atomic E-state index is 13.0. The summed E-state index contributed by atoms with van der Waals surface area (Å²) in [5, 5.41) is 14.9. The first-order valence-corrected chi connectivity index (χ1v) is 16.3. The third-order valence-corrected chi connectivity index (χ3v) is 9.31. The molecule has 2 aliphatic carbocycles. The predicted molar refractivity (Wildman–Crippen MR) is 170 cm³/mol. The van der Waals surface area contributed by atoms with Crippen LogP contribution in [0.25, 0.3) is 0 Å². The number of rotatable bonds is 3. The molecule has 0 bridgehead atoms. The van der Waals surface area contributed by atoms with Gasteiger partial charge in [-0.25, -0.2) is 0 Å². The Hall–Kier alpha value is -1.28. The van der Waals surface area contributed by atoms with Crippen molar-refractivity contribution in [2.45, 2.75) is 158 Å². The molecule has 4 aliphatic rings. The molecule has 39 heavy (non-hydrogen) atoms. The second-order valence-corrected chi connectivity index (χ2v) is 11.5. The number of aliphatic carboxylic acids is 1. The van der Waals surface area contributed by atoms with Crippen molar-refractivity contribution in [3.05, 3.63) is 0 Å². The number of carboxylic acids is 1. The van der Waals surface area contributed by atoms with Gasteiger partial charge >= 0.3 is 5.97 Å². The lowest BCUT2D eigenvalue weighted by atomic mass is 9.19. The molecule has 0 aromatic carbocycles. The van der Waals surface area contributed by atoms with Crippen molar-refractivity contribution in [1.82, 2.24) is 0 Å². The number of fused-ring (bicyclic) bond motifs is 5. The van der Waals surface area contributed by atoms with Crippen LogP contribution in [0.3, 0.4) is 0 Å². The average Bonchev–Trinajstić information content (AvgIpc) is 3.33. The second kappa shape index (κ2) is 22.4. The van der Waals surface area contributed by atoms with Crippen molar-refractivity contribution in [2.24, 2.45) is 29.1 Å². The maximum absolute atomic E-state index is 13.0. The first-order valence-electron chi connectivity index (χ1n) is 16.3. The minimum Gasteiger partial charge on any atom is -0.481 e. The molecule has 4 fully saturated rings. The second-order valence-electron chi connectivity index (χ2n) is 11.5. The zero-order chi connectivity index (χ0) is 30.6. The Morgan fingerprint density at radius 1 is 1.03 bits per heavy atom. The van der Waals surface area contributed by atoms with Gasteiger partial charge in [0.1, 0.15) is 0 Å². The molecule has 228 valence electrons. The van der Waals surface area contributed by atoms with E-state index in [0.717, 1.165) is 49.3 Å². The summed E-state index contributed by atoms with van der Waals surface area (Å²) in [4.78, 5) is 22.6. The van der Waals surface area contributed by atoms with Gasteiger partial charge in [0.15, 0.2) is 0 Å². The van der Waals surface area contributed by atoms with Crippen LogP contribution >= 0.6 is 0 Å². The third kappa shape index (κ3) is 11.6. The summed E-state index contributed by atoms with van der Waals surface area (Å²) in [6.45, 7) is 21.2. The minimum atomic E-state index is -0.711. The highest BCUT2D eigenvalue weighted by atomic mass is 16.4. The van der Waals surface area contributed by atoms with E-state index in [9.17, 15) is 9.59 Å². The van der Waals surface area contributed by atoms with Crippen molar-refractivity contribution in [3.8, 4) is 11.8 Å². The van der Waals surface area contributed by atoms with Crippen LogP contribution in [0.15, 0.2) is 0 Å². The summed E-state index contributed by atoms with van der Waals surface area (Å²) in [6.07, 6.45) is 14.4. The normalized spacial score (nSPS) is 29.5. The summed E-state index contributed by atoms with van der Waals surface area (Å²) in [5.41, 5.74) is 1.23. The summed E-state index contributed by atoms with van der Waals surface area (Å²) in [7, 11) is 1.00. The summed E-state index contributed by atoms with van der Waals surface area (Å²) >= 11 is 0. The van der Waals surface area contributed by atoms with Gasteiger partial charge in [0.2, 0.25) is 6.71 Å². The Labute approximate surface area is 244 Å². The van der Waals surface area contributed by atoms with Crippen LogP contribution in [0.2, 0.25) is 11.6 Å². The van der Waals surface area contributed by atoms with Crippen LogP contribution in [-0.2, 0) is 9.59 Å². The highest BCUT2D eigenvalue weighted by molar-refractivity contribution is 6.92. The monoisotopic (exact) mass is 548 g/mol. The molecule has 0 amide bonds. The van der Waals surface area contributed by atoms with E-state index in [-0.39, 0.29) is 0 Å². The van der Waals surface area contributed by atoms with E-state index in [1.54, 1.807) is 0 Å². The van der Waals surface area contributed by atoms with E-state index in [1.807, 2.05) is 41.5 Å². The molecule has 2 saturated carbocycles. The molecule has 4 nitrogen and oxygen atoms in total. The predicted octanol–water partition coefficient (Wildman–Crippen LogP) is 9.36. The fourth-order valence-electron chi connectivity index (χ4n) is 7.95. The number of aliphatic hydroxyl groups excluding tert-OH is 1. The molecule has 5 heteroatoms. The molecule has 0 aromatic rings. The fraction of sp³-hybridized carbons (Fsp3) is 0.882. The van der Waals surface area contributed by atoms with Crippen LogP contribution in [0.5, 0.6) is 0 Å². The van der Waals surface area contributed by atoms with Crippen LogP contribution < -0.4 is 0 Å². The zero-order valence-electron chi connectivity index (χ0n) is 27.7. The van der Waals surface area contributed by atoms with Gasteiger partial charge in [0, 0.05) is 19.4 Å². The fourth-order valence-corrected chi connectivity index (χ4v) is 7.95. The molecule has 2 N–H and O–H groups in total. The van der Waals surface area contributed by atoms with E-state index in [0.29, 0.717) is 30.1 Å². The van der Waals surface area contributed by atoms with Gasteiger partial charge in [-0.2, -0.15) is 0 Å². The first-order chi connectivity index (χ1) is 18.7. The number of carboxylic acid groups (broad SMARTS) is 1. The van der Waals surface area contributed by atoms with Crippen LogP contribution in [0.1, 0.15) is 146 Å². The molecule has 2 saturated heterocycles. The van der Waals surface area contributed by atoms with Crippen molar-refractivity contribution < 1.29 is 19.8 Å². The lowest BCUT2D eigenvalue weighted by molar-refractivity contribution is -0.137. The molecule has 4 rings (SSSR count). The topological polar surface area (TPSA) is 74.6 Å². The summed E-state index contributed by atoms with van der Waals surface area (Å²) in [5.74, 6) is 9.61. The largest absolute Gasteiger partial charge is 0.481 e. The Kier molecular flexibility index (Phi) is 22.9. The first kappa shape index (κ1) is 39.9. The molecule has 0 aromatic heterocycles. The van der Waals surface area contributed by atoms with Crippen LogP contribution in [0, 0.1) is 40.9 Å². The molecule has 2 heterocycles. The maximum Gasteiger partial charge on any atom is 0.303 e. The number of aliphatic hydroxyl groups is 1. The van der Waals surface area contributed by atoms with Crippen LogP contribution in [0.4, 0.5) is 0 Å². The van der Waals surface area contributed by atoms with Gasteiger partial charge in [0.05, 0.1) is 5.68 Å². The molecule has 6 unspecified atom stereocenters. The van der Waals surface area contributed by atoms with Gasteiger partial charge in [-0.3, -0.25) is 4.79 Å². The van der Waals surface area contributed by atoms with E-state index in [4.69, 9.17) is 10.2 Å². The Morgan fingerprint density at radius 2 is 1.64 bits per heavy atom. The van der Waals surface area contributed by atoms with Crippen molar-refractivity contribution >= 4 is 18.4 Å². The highest BCUT2D eigenvalue weighted by Gasteiger charge is 2.60. The minimum absolute atomic E-state index is 0.292. The average molecular weight is 549 g/mol. The molecular weight excluding hydrogens is 483 g/mol. The van der Waals surface area contributed by atoms with Gasteiger partial charge < -0.3 is 15.0 Å². The van der Waals surface area contributed by atoms with Gasteiger partial charge in [0.25, 0.3) is 0 Å². The van der Waals surface area contributed by atoms with Gasteiger partial charge in [-0.05, 0) is 61.6 Å². The Balaban J connectivity index is 0. The summed E-state index contributed by atoms with van der Waals surface area (Å²) < 4.78 is 0. The van der Waals surface area contributed by atoms with E-state index in [1.165, 1.54) is 57.8 Å². The van der Waals surface area contributed by atoms with Gasteiger partial charge in [-0.1, -0.05) is 113 Å². The van der Waals surface area contributed by atoms with E-state index in [2.05, 4.69) is 39.5 Å². The van der Waals surface area contributed by atoms with Crippen molar-refractivity contribution in [3.63, 3.8) is 0 Å². The molecule has 0 radical (unpaired) electrons. The third-order valence-electron chi connectivity index (χ3n) is 9.31. The smallest absolute Gasteiger partial charge is 0.303 e. The standard InChI is InChI=1S/C19H31BO.C6H10.C4H8O2.2C2H6.CH4O/c1-3-19-11-5-4-6-14(19)12-18(21)20-16-9-7-13(2)15(16)8-10-17(19)20;1-4-5-6(2)3;1-2-3-4(5)6;3*1-2/h13-17H,3-12H2,1-2H3;6H,1-3H3;2-3H2,1H3,(H,5,6);2*1-2H3;2H,1H3. The van der Waals surface area contributed by atoms with E-state index < -0.39 is 5.97 Å².